The highest BCUT2D eigenvalue weighted by atomic mass is 35.5. The van der Waals surface area contributed by atoms with E-state index in [0.29, 0.717) is 26.3 Å². The average molecular weight is 465 g/mol. The van der Waals surface area contributed by atoms with Gasteiger partial charge in [0, 0.05) is 28.7 Å². The molecule has 0 radical (unpaired) electrons. The summed E-state index contributed by atoms with van der Waals surface area (Å²) in [5.74, 6) is -0.212. The van der Waals surface area contributed by atoms with Crippen molar-refractivity contribution in [3.63, 3.8) is 0 Å². The highest BCUT2D eigenvalue weighted by Crippen LogP contribution is 2.32. The lowest BCUT2D eigenvalue weighted by atomic mass is 9.95. The third-order valence-electron chi connectivity index (χ3n) is 5.07. The lowest BCUT2D eigenvalue weighted by Gasteiger charge is -2.21. The van der Waals surface area contributed by atoms with Gasteiger partial charge in [-0.05, 0) is 48.7 Å². The Kier molecular flexibility index (Phi) is 8.20. The minimum absolute atomic E-state index is 0.212. The second-order valence-corrected chi connectivity index (χ2v) is 8.49. The summed E-state index contributed by atoms with van der Waals surface area (Å²) in [5, 5.41) is 7.84. The highest BCUT2D eigenvalue weighted by molar-refractivity contribution is 6.36. The van der Waals surface area contributed by atoms with Crippen LogP contribution in [0.4, 0.5) is 0 Å². The molecule has 1 aliphatic rings. The van der Waals surface area contributed by atoms with Gasteiger partial charge in [-0.1, -0.05) is 66.2 Å². The van der Waals surface area contributed by atoms with E-state index in [1.54, 1.807) is 37.4 Å². The molecule has 0 atom stereocenters. The molecule has 0 spiro atoms. The van der Waals surface area contributed by atoms with Gasteiger partial charge in [0.2, 0.25) is 0 Å². The lowest BCUT2D eigenvalue weighted by molar-refractivity contribution is -0.115. The third-order valence-corrected chi connectivity index (χ3v) is 5.87. The summed E-state index contributed by atoms with van der Waals surface area (Å²) in [6, 6.07) is 12.8. The van der Waals surface area contributed by atoms with Gasteiger partial charge in [-0.2, -0.15) is 0 Å². The molecule has 0 bridgehead atoms. The normalized spacial score (nSPS) is 15.7. The van der Waals surface area contributed by atoms with Gasteiger partial charge >= 0.3 is 0 Å². The van der Waals surface area contributed by atoms with Gasteiger partial charge in [0.15, 0.2) is 0 Å². The highest BCUT2D eigenvalue weighted by Gasteiger charge is 2.17. The Balaban J connectivity index is 1.98. The molecule has 0 aliphatic heterocycles. The molecule has 0 saturated heterocycles. The summed E-state index contributed by atoms with van der Waals surface area (Å²) in [5.41, 5.74) is 2.80. The van der Waals surface area contributed by atoms with Crippen LogP contribution in [0.5, 0.6) is 0 Å². The molecule has 3 rings (SSSR count). The smallest absolute Gasteiger partial charge is 0.262 e. The first-order valence-corrected chi connectivity index (χ1v) is 11.1. The van der Waals surface area contributed by atoms with E-state index in [0.717, 1.165) is 36.9 Å². The van der Waals surface area contributed by atoms with Crippen LogP contribution in [0, 0.1) is 0 Å². The minimum Gasteiger partial charge on any atom is -0.386 e. The second kappa shape index (κ2) is 10.9. The summed E-state index contributed by atoms with van der Waals surface area (Å²) in [4.78, 5) is 17.0. The van der Waals surface area contributed by atoms with Gasteiger partial charge in [-0.3, -0.25) is 4.79 Å². The van der Waals surface area contributed by atoms with E-state index in [4.69, 9.17) is 34.8 Å². The molecular formula is C23H24Cl3N3O. The first-order valence-electron chi connectivity index (χ1n) is 9.96. The molecule has 1 aliphatic carbocycles. The number of carbonyl (C=O) groups excluding carboxylic acids is 1. The molecule has 1 saturated carbocycles. The third kappa shape index (κ3) is 6.00. The standard InChI is InChI=1S/C23H24Cl3N3O/c1-27-22(15-7-9-16(24)10-8-15)23(19-12-11-17(25)13-20(19)26)28-14-21(30)29-18-5-3-2-4-6-18/h7-14,18,27H,2-6H2,1H3,(H,29,30)/b23-22-,28-14?. The van der Waals surface area contributed by atoms with Crippen molar-refractivity contribution in [2.24, 2.45) is 4.99 Å². The number of hydrogen-bond donors (Lipinski definition) is 2. The molecule has 2 aromatic carbocycles. The number of nitrogens with one attached hydrogen (secondary N) is 2. The zero-order chi connectivity index (χ0) is 21.5. The molecule has 1 fully saturated rings. The van der Waals surface area contributed by atoms with E-state index in [9.17, 15) is 4.79 Å². The maximum absolute atomic E-state index is 12.5. The Labute approximate surface area is 192 Å². The van der Waals surface area contributed by atoms with E-state index >= 15 is 0 Å². The number of nitrogens with zero attached hydrogens (tertiary/aromatic N) is 1. The van der Waals surface area contributed by atoms with Gasteiger partial charge in [0.1, 0.15) is 0 Å². The number of hydrogen-bond acceptors (Lipinski definition) is 3. The van der Waals surface area contributed by atoms with Crippen molar-refractivity contribution in [2.75, 3.05) is 7.05 Å². The quantitative estimate of drug-likeness (QED) is 0.394. The Bertz CT molecular complexity index is 949. The monoisotopic (exact) mass is 463 g/mol. The number of benzene rings is 2. The van der Waals surface area contributed by atoms with Crippen molar-refractivity contribution in [1.82, 2.24) is 10.6 Å². The number of aliphatic imine (C=N–C) groups is 1. The predicted octanol–water partition coefficient (Wildman–Crippen LogP) is 6.21. The molecule has 7 heteroatoms. The second-order valence-electron chi connectivity index (χ2n) is 7.21. The Hall–Kier alpha value is -2.01. The number of amides is 1. The summed E-state index contributed by atoms with van der Waals surface area (Å²) in [6.07, 6.45) is 6.87. The summed E-state index contributed by atoms with van der Waals surface area (Å²) >= 11 is 18.6. The van der Waals surface area contributed by atoms with E-state index < -0.39 is 0 Å². The SMILES string of the molecule is CN/C(=C(\N=CC(=O)NC1CCCCC1)c1ccc(Cl)cc1Cl)c1ccc(Cl)cc1. The summed E-state index contributed by atoms with van der Waals surface area (Å²) < 4.78 is 0. The van der Waals surface area contributed by atoms with Gasteiger partial charge in [-0.15, -0.1) is 0 Å². The van der Waals surface area contributed by atoms with Crippen molar-refractivity contribution >= 4 is 58.3 Å². The van der Waals surface area contributed by atoms with Crippen LogP contribution in [0.2, 0.25) is 15.1 Å². The molecule has 1 amide bonds. The van der Waals surface area contributed by atoms with Crippen molar-refractivity contribution < 1.29 is 4.79 Å². The topological polar surface area (TPSA) is 53.5 Å². The molecule has 0 unspecified atom stereocenters. The van der Waals surface area contributed by atoms with Crippen LogP contribution in [-0.2, 0) is 4.79 Å². The van der Waals surface area contributed by atoms with Crippen molar-refractivity contribution in [1.29, 1.82) is 0 Å². The predicted molar refractivity (Wildman–Crippen MR) is 127 cm³/mol. The van der Waals surface area contributed by atoms with Gasteiger partial charge in [-0.25, -0.2) is 4.99 Å². The maximum Gasteiger partial charge on any atom is 0.262 e. The van der Waals surface area contributed by atoms with Crippen molar-refractivity contribution in [3.8, 4) is 0 Å². The summed E-state index contributed by atoms with van der Waals surface area (Å²) in [6.45, 7) is 0. The molecule has 0 heterocycles. The minimum atomic E-state index is -0.212. The zero-order valence-corrected chi connectivity index (χ0v) is 19.0. The molecule has 2 N–H and O–H groups in total. The van der Waals surface area contributed by atoms with Gasteiger partial charge in [0.05, 0.1) is 22.6 Å². The van der Waals surface area contributed by atoms with Crippen LogP contribution < -0.4 is 10.6 Å². The molecular weight excluding hydrogens is 441 g/mol. The van der Waals surface area contributed by atoms with E-state index in [1.165, 1.54) is 12.6 Å². The zero-order valence-electron chi connectivity index (χ0n) is 16.7. The number of rotatable bonds is 6. The largest absolute Gasteiger partial charge is 0.386 e. The molecule has 30 heavy (non-hydrogen) atoms. The fourth-order valence-corrected chi connectivity index (χ4v) is 4.20. The maximum atomic E-state index is 12.5. The van der Waals surface area contributed by atoms with Crippen LogP contribution in [-0.4, -0.2) is 25.2 Å². The van der Waals surface area contributed by atoms with Crippen LogP contribution in [0.25, 0.3) is 11.4 Å². The summed E-state index contributed by atoms with van der Waals surface area (Å²) in [7, 11) is 1.80. The van der Waals surface area contributed by atoms with E-state index in [1.807, 2.05) is 12.1 Å². The molecule has 158 valence electrons. The fraction of sp³-hybridized carbons (Fsp3) is 0.304. The molecule has 0 aromatic heterocycles. The number of halogens is 3. The number of carbonyl (C=O) groups is 1. The van der Waals surface area contributed by atoms with Crippen LogP contribution in [0.15, 0.2) is 47.5 Å². The fourth-order valence-electron chi connectivity index (χ4n) is 3.57. The van der Waals surface area contributed by atoms with Crippen LogP contribution >= 0.6 is 34.8 Å². The van der Waals surface area contributed by atoms with Crippen molar-refractivity contribution in [3.05, 3.63) is 68.7 Å². The van der Waals surface area contributed by atoms with Gasteiger partial charge in [0.25, 0.3) is 5.91 Å². The lowest BCUT2D eigenvalue weighted by Crippen LogP contribution is -2.36. The molecule has 4 nitrogen and oxygen atoms in total. The van der Waals surface area contributed by atoms with E-state index in [-0.39, 0.29) is 11.9 Å². The van der Waals surface area contributed by atoms with Crippen molar-refractivity contribution in [2.45, 2.75) is 38.1 Å². The first-order chi connectivity index (χ1) is 14.5. The van der Waals surface area contributed by atoms with Gasteiger partial charge < -0.3 is 10.6 Å². The Morgan fingerprint density at radius 1 is 1.00 bits per heavy atom. The average Bonchev–Trinajstić information content (AvgIpc) is 2.73. The van der Waals surface area contributed by atoms with Crippen LogP contribution in [0.1, 0.15) is 43.2 Å². The molecule has 2 aromatic rings. The Morgan fingerprint density at radius 3 is 2.30 bits per heavy atom. The van der Waals surface area contributed by atoms with Crippen LogP contribution in [0.3, 0.4) is 0 Å². The first kappa shape index (κ1) is 22.7. The van der Waals surface area contributed by atoms with E-state index in [2.05, 4.69) is 15.6 Å². The Morgan fingerprint density at radius 2 is 1.67 bits per heavy atom.